The molecule has 5 nitrogen and oxygen atoms in total. The monoisotopic (exact) mass is 313 g/mol. The summed E-state index contributed by atoms with van der Waals surface area (Å²) in [6, 6.07) is 3.35. The zero-order valence-corrected chi connectivity index (χ0v) is 11.7. The summed E-state index contributed by atoms with van der Waals surface area (Å²) >= 11 is 3.17. The van der Waals surface area contributed by atoms with Crippen LogP contribution in [-0.2, 0) is 5.41 Å². The zero-order valence-electron chi connectivity index (χ0n) is 10.2. The van der Waals surface area contributed by atoms with Crippen LogP contribution in [0.2, 0.25) is 0 Å². The van der Waals surface area contributed by atoms with Gasteiger partial charge in [0.05, 0.1) is 0 Å². The van der Waals surface area contributed by atoms with Crippen LogP contribution in [-0.4, -0.2) is 16.1 Å². The van der Waals surface area contributed by atoms with Gasteiger partial charge in [0.15, 0.2) is 10.4 Å². The molecule has 1 N–H and O–H groups in total. The molecule has 96 valence electrons. The van der Waals surface area contributed by atoms with Crippen LogP contribution in [0.1, 0.15) is 37.0 Å². The molecule has 0 bridgehead atoms. The number of aromatic nitrogens is 1. The molecule has 0 aliphatic carbocycles. The van der Waals surface area contributed by atoms with Crippen molar-refractivity contribution < 1.29 is 18.7 Å². The number of hydrogen-bond donors (Lipinski definition) is 1. The Hall–Kier alpha value is -1.56. The molecule has 6 heteroatoms. The number of furan rings is 1. The molecule has 2 aromatic heterocycles. The Morgan fingerprint density at radius 1 is 1.33 bits per heavy atom. The highest BCUT2D eigenvalue weighted by Crippen LogP contribution is 2.31. The molecule has 0 spiro atoms. The van der Waals surface area contributed by atoms with E-state index in [4.69, 9.17) is 13.9 Å². The highest BCUT2D eigenvalue weighted by Gasteiger charge is 2.29. The molecule has 2 rings (SSSR count). The van der Waals surface area contributed by atoms with Gasteiger partial charge in [0, 0.05) is 5.41 Å². The van der Waals surface area contributed by atoms with Gasteiger partial charge in [0.2, 0.25) is 5.76 Å². The molecule has 0 radical (unpaired) electrons. The van der Waals surface area contributed by atoms with E-state index >= 15 is 0 Å². The van der Waals surface area contributed by atoms with E-state index in [1.54, 1.807) is 12.1 Å². The van der Waals surface area contributed by atoms with Crippen molar-refractivity contribution in [2.24, 2.45) is 0 Å². The molecule has 2 heterocycles. The molecule has 0 unspecified atom stereocenters. The van der Waals surface area contributed by atoms with E-state index in [0.717, 1.165) is 0 Å². The summed E-state index contributed by atoms with van der Waals surface area (Å²) in [5, 5.41) is 9.12. The molecule has 0 saturated carbocycles. The van der Waals surface area contributed by atoms with Gasteiger partial charge in [0.25, 0.3) is 5.89 Å². The minimum atomic E-state index is -1.13. The van der Waals surface area contributed by atoms with E-state index in [2.05, 4.69) is 20.9 Å². The third-order valence-corrected chi connectivity index (χ3v) is 2.74. The molecule has 0 atom stereocenters. The second kappa shape index (κ2) is 4.28. The molecule has 0 aliphatic heterocycles. The average molecular weight is 314 g/mol. The number of oxazole rings is 1. The quantitative estimate of drug-likeness (QED) is 0.914. The Morgan fingerprint density at radius 2 is 2.00 bits per heavy atom. The predicted octanol–water partition coefficient (Wildman–Crippen LogP) is 3.69. The number of carboxylic acids is 1. The summed E-state index contributed by atoms with van der Waals surface area (Å²) < 4.78 is 11.1. The van der Waals surface area contributed by atoms with Crippen LogP contribution < -0.4 is 0 Å². The van der Waals surface area contributed by atoms with Gasteiger partial charge < -0.3 is 13.9 Å². The first-order valence-corrected chi connectivity index (χ1v) is 6.08. The number of rotatable bonds is 2. The smallest absolute Gasteiger partial charge is 0.373 e. The average Bonchev–Trinajstić information content (AvgIpc) is 2.81. The van der Waals surface area contributed by atoms with Crippen LogP contribution in [0.5, 0.6) is 0 Å². The van der Waals surface area contributed by atoms with Crippen LogP contribution in [0, 0.1) is 0 Å². The Balaban J connectivity index is 2.56. The summed E-state index contributed by atoms with van der Waals surface area (Å²) in [7, 11) is 0. The normalized spacial score (nSPS) is 11.8. The lowest BCUT2D eigenvalue weighted by atomic mass is 9.91. The lowest BCUT2D eigenvalue weighted by Gasteiger charge is -2.14. The molecule has 0 aliphatic rings. The van der Waals surface area contributed by atoms with Gasteiger partial charge in [-0.15, -0.1) is 0 Å². The van der Waals surface area contributed by atoms with Gasteiger partial charge in [0.1, 0.15) is 5.69 Å². The fraction of sp³-hybridized carbons (Fsp3) is 0.333. The predicted molar refractivity (Wildman–Crippen MR) is 67.6 cm³/mol. The molecule has 0 saturated heterocycles. The molecule has 0 amide bonds. The van der Waals surface area contributed by atoms with Gasteiger partial charge in [-0.25, -0.2) is 9.78 Å². The lowest BCUT2D eigenvalue weighted by Crippen LogP contribution is -2.16. The first-order chi connectivity index (χ1) is 8.29. The van der Waals surface area contributed by atoms with Crippen molar-refractivity contribution in [3.63, 3.8) is 0 Å². The van der Waals surface area contributed by atoms with Gasteiger partial charge in [-0.1, -0.05) is 20.8 Å². The minimum absolute atomic E-state index is 0.148. The van der Waals surface area contributed by atoms with E-state index in [1.807, 2.05) is 20.8 Å². The molecule has 18 heavy (non-hydrogen) atoms. The van der Waals surface area contributed by atoms with Crippen molar-refractivity contribution in [1.82, 2.24) is 4.98 Å². The summed E-state index contributed by atoms with van der Waals surface area (Å²) in [4.78, 5) is 15.4. The first kappa shape index (κ1) is 12.9. The third-order valence-electron chi connectivity index (χ3n) is 2.32. The maximum Gasteiger partial charge on any atom is 0.373 e. The van der Waals surface area contributed by atoms with Crippen molar-refractivity contribution in [1.29, 1.82) is 0 Å². The van der Waals surface area contributed by atoms with Crippen molar-refractivity contribution in [2.45, 2.75) is 26.2 Å². The highest BCUT2D eigenvalue weighted by atomic mass is 79.9. The SMILES string of the molecule is CC(C)(C)c1nc(-c2ccc(Br)o2)oc1C(=O)O. The topological polar surface area (TPSA) is 76.5 Å². The van der Waals surface area contributed by atoms with Gasteiger partial charge in [-0.05, 0) is 28.1 Å². The van der Waals surface area contributed by atoms with E-state index in [1.165, 1.54) is 0 Å². The van der Waals surface area contributed by atoms with Crippen molar-refractivity contribution >= 4 is 21.9 Å². The van der Waals surface area contributed by atoms with E-state index in [-0.39, 0.29) is 11.7 Å². The fourth-order valence-corrected chi connectivity index (χ4v) is 1.81. The van der Waals surface area contributed by atoms with Crippen LogP contribution in [0.4, 0.5) is 0 Å². The maximum absolute atomic E-state index is 11.1. The Labute approximate surface area is 112 Å². The molecule has 0 fully saturated rings. The molecular formula is C12H12BrNO4. The van der Waals surface area contributed by atoms with Gasteiger partial charge >= 0.3 is 5.97 Å². The van der Waals surface area contributed by atoms with E-state index in [9.17, 15) is 4.79 Å². The second-order valence-corrected chi connectivity index (χ2v) is 5.64. The zero-order chi connectivity index (χ0) is 13.5. The second-order valence-electron chi connectivity index (χ2n) is 4.86. The number of carboxylic acid groups (broad SMARTS) is 1. The number of carbonyl (C=O) groups is 1. The number of halogens is 1. The number of hydrogen-bond acceptors (Lipinski definition) is 4. The lowest BCUT2D eigenvalue weighted by molar-refractivity contribution is 0.0659. The van der Waals surface area contributed by atoms with Gasteiger partial charge in [-0.2, -0.15) is 0 Å². The summed E-state index contributed by atoms with van der Waals surface area (Å²) in [6.07, 6.45) is 0. The highest BCUT2D eigenvalue weighted by molar-refractivity contribution is 9.10. The van der Waals surface area contributed by atoms with Crippen molar-refractivity contribution in [2.75, 3.05) is 0 Å². The third kappa shape index (κ3) is 2.33. The number of nitrogens with zero attached hydrogens (tertiary/aromatic N) is 1. The van der Waals surface area contributed by atoms with Crippen LogP contribution in [0.25, 0.3) is 11.7 Å². The first-order valence-electron chi connectivity index (χ1n) is 5.29. The summed E-state index contributed by atoms with van der Waals surface area (Å²) in [5.74, 6) is -0.725. The molecular weight excluding hydrogens is 302 g/mol. The molecule has 2 aromatic rings. The van der Waals surface area contributed by atoms with Crippen LogP contribution in [0.15, 0.2) is 25.6 Å². The van der Waals surface area contributed by atoms with Crippen molar-refractivity contribution in [3.8, 4) is 11.7 Å². The van der Waals surface area contributed by atoms with E-state index < -0.39 is 11.4 Å². The standard InChI is InChI=1S/C12H12BrNO4/c1-12(2,3)9-8(11(15)16)18-10(14-9)6-4-5-7(13)17-6/h4-5H,1-3H3,(H,15,16). The largest absolute Gasteiger partial charge is 0.475 e. The summed E-state index contributed by atoms with van der Waals surface area (Å²) in [6.45, 7) is 5.62. The fourth-order valence-electron chi connectivity index (χ4n) is 1.51. The maximum atomic E-state index is 11.1. The van der Waals surface area contributed by atoms with Crippen LogP contribution >= 0.6 is 15.9 Å². The minimum Gasteiger partial charge on any atom is -0.475 e. The van der Waals surface area contributed by atoms with Crippen molar-refractivity contribution in [3.05, 3.63) is 28.3 Å². The Kier molecular flexibility index (Phi) is 3.06. The van der Waals surface area contributed by atoms with Crippen LogP contribution in [0.3, 0.4) is 0 Å². The van der Waals surface area contributed by atoms with E-state index in [0.29, 0.717) is 16.1 Å². The summed E-state index contributed by atoms with van der Waals surface area (Å²) in [5.41, 5.74) is -0.0169. The number of aromatic carboxylic acids is 1. The molecule has 0 aromatic carbocycles. The Bertz CT molecular complexity index is 591. The van der Waals surface area contributed by atoms with Gasteiger partial charge in [-0.3, -0.25) is 0 Å². The Morgan fingerprint density at radius 3 is 2.39 bits per heavy atom.